The predicted octanol–water partition coefficient (Wildman–Crippen LogP) is 10.4. The molecule has 2 aromatic heterocycles. The number of likely N-dealkylation sites (tertiary alicyclic amines) is 2. The Bertz CT molecular complexity index is 2580. The van der Waals surface area contributed by atoms with Gasteiger partial charge in [0.2, 0.25) is 0 Å². The van der Waals surface area contributed by atoms with E-state index in [1.165, 1.54) is 22.3 Å². The van der Waals surface area contributed by atoms with E-state index < -0.39 is 0 Å². The number of likely N-dealkylation sites (N-methyl/N-ethyl adjacent to an activating group) is 1. The first-order chi connectivity index (χ1) is 31.9. The van der Waals surface area contributed by atoms with Gasteiger partial charge in [-0.05, 0) is 97.2 Å². The number of rotatable bonds is 10. The molecule has 4 atom stereocenters. The molecule has 4 aliphatic rings. The van der Waals surface area contributed by atoms with Crippen molar-refractivity contribution in [2.24, 2.45) is 0 Å². The van der Waals surface area contributed by atoms with Crippen LogP contribution in [0.2, 0.25) is 0 Å². The summed E-state index contributed by atoms with van der Waals surface area (Å²) in [5, 5.41) is 3.21. The molecule has 4 fully saturated rings. The van der Waals surface area contributed by atoms with Crippen molar-refractivity contribution in [3.05, 3.63) is 180 Å². The first kappa shape index (κ1) is 42.9. The van der Waals surface area contributed by atoms with Crippen LogP contribution in [0.4, 0.5) is 9.59 Å². The highest BCUT2D eigenvalue weighted by Gasteiger charge is 2.44. The molecule has 0 spiro atoms. The van der Waals surface area contributed by atoms with Crippen LogP contribution < -0.4 is 14.8 Å². The molecule has 65 heavy (non-hydrogen) atoms. The summed E-state index contributed by atoms with van der Waals surface area (Å²) in [6, 6.07) is 41.7. The number of hydrogen-bond acceptors (Lipinski definition) is 8. The number of ether oxygens (including phenoxy) is 2. The van der Waals surface area contributed by atoms with Gasteiger partial charge in [0.25, 0.3) is 0 Å². The maximum atomic E-state index is 13.0. The zero-order chi connectivity index (χ0) is 44.4. The second-order valence-corrected chi connectivity index (χ2v) is 17.0. The van der Waals surface area contributed by atoms with Gasteiger partial charge in [0, 0.05) is 81.9 Å². The van der Waals surface area contributed by atoms with Gasteiger partial charge >= 0.3 is 24.1 Å². The van der Waals surface area contributed by atoms with E-state index in [2.05, 4.69) is 98.1 Å². The van der Waals surface area contributed by atoms with Crippen LogP contribution in [0.3, 0.4) is 0 Å². The minimum absolute atomic E-state index is 0.0609. The van der Waals surface area contributed by atoms with E-state index in [1.54, 1.807) is 36.9 Å². The fourth-order valence-corrected chi connectivity index (χ4v) is 8.67. The molecule has 0 unspecified atom stereocenters. The summed E-state index contributed by atoms with van der Waals surface area (Å²) in [6.07, 6.45) is 16.7. The fourth-order valence-electron chi connectivity index (χ4n) is 8.67. The molecule has 2 aliphatic carbocycles. The van der Waals surface area contributed by atoms with Gasteiger partial charge in [-0.2, -0.15) is 0 Å². The minimum Gasteiger partial charge on any atom is -0.424 e. The summed E-state index contributed by atoms with van der Waals surface area (Å²) in [5.74, 6) is 2.34. The van der Waals surface area contributed by atoms with Crippen molar-refractivity contribution in [3.63, 3.8) is 0 Å². The second kappa shape index (κ2) is 20.4. The molecule has 330 valence electrons. The van der Waals surface area contributed by atoms with Gasteiger partial charge in [-0.25, -0.2) is 29.5 Å². The van der Waals surface area contributed by atoms with Gasteiger partial charge in [0.1, 0.15) is 11.5 Å². The van der Waals surface area contributed by atoms with Crippen molar-refractivity contribution in [2.75, 3.05) is 33.2 Å². The summed E-state index contributed by atoms with van der Waals surface area (Å²) >= 11 is 0. The van der Waals surface area contributed by atoms with Crippen LogP contribution in [-0.2, 0) is 0 Å². The van der Waals surface area contributed by atoms with E-state index in [-0.39, 0.29) is 18.1 Å². The maximum Gasteiger partial charge on any atom is 0.321 e. The summed E-state index contributed by atoms with van der Waals surface area (Å²) < 4.78 is 11.5. The highest BCUT2D eigenvalue weighted by Crippen LogP contribution is 2.44. The lowest BCUT2D eigenvalue weighted by molar-refractivity contribution is 0.156. The summed E-state index contributed by atoms with van der Waals surface area (Å²) in [6.45, 7) is 3.00. The Morgan fingerprint density at radius 3 is 1.57 bits per heavy atom. The number of nitrogens with zero attached hydrogens (tertiary/aromatic N) is 7. The standard InChI is InChI=1S/C27H28N4O2.C26H26N4O2/c1-30(25-19-24(25)22-8-3-2-4-9-22)27(32)31-15-11-20(12-16-31)17-21-7-5-10-23(18-21)33-26-28-13-6-14-29-26;31-26(29-24-18-23(24)21-7-2-1-3-8-21)30-14-10-19(11-15-30)16-20-6-4-9-22(17-20)32-25-27-12-5-13-28-25/h2-10,13-14,17-18,24-25H,11-12,15-16,19H2,1H3;1-9,12-13,16-17,23-24H,10-11,14-15,18H2,(H,29,31)/t24-,25+;23-,24+/m00/s1. The van der Waals surface area contributed by atoms with Gasteiger partial charge < -0.3 is 29.5 Å². The second-order valence-electron chi connectivity index (χ2n) is 17.0. The lowest BCUT2D eigenvalue weighted by atomic mass is 10.0. The van der Waals surface area contributed by atoms with Gasteiger partial charge in [0.15, 0.2) is 0 Å². The predicted molar refractivity (Wildman–Crippen MR) is 252 cm³/mol. The molecule has 2 saturated heterocycles. The fraction of sp³-hybridized carbons (Fsp3) is 0.283. The maximum absolute atomic E-state index is 13.0. The van der Waals surface area contributed by atoms with E-state index in [1.807, 2.05) is 70.3 Å². The molecular formula is C53H54N8O4. The average molecular weight is 867 g/mol. The number of aromatic nitrogens is 4. The summed E-state index contributed by atoms with van der Waals surface area (Å²) in [7, 11) is 1.95. The highest BCUT2D eigenvalue weighted by molar-refractivity contribution is 5.76. The molecule has 2 aliphatic heterocycles. The monoisotopic (exact) mass is 866 g/mol. The molecule has 1 N–H and O–H groups in total. The normalized spacial score (nSPS) is 19.8. The van der Waals surface area contributed by atoms with Crippen LogP contribution in [0.1, 0.15) is 72.6 Å². The quantitative estimate of drug-likeness (QED) is 0.144. The molecule has 2 saturated carbocycles. The van der Waals surface area contributed by atoms with Crippen LogP contribution in [0.25, 0.3) is 12.2 Å². The molecular weight excluding hydrogens is 813 g/mol. The average Bonchev–Trinajstić information content (AvgIpc) is 4.30. The first-order valence-corrected chi connectivity index (χ1v) is 22.6. The van der Waals surface area contributed by atoms with Crippen LogP contribution in [-0.4, -0.2) is 92.0 Å². The van der Waals surface area contributed by atoms with Crippen molar-refractivity contribution >= 4 is 24.2 Å². The number of urea groups is 2. The highest BCUT2D eigenvalue weighted by atomic mass is 16.5. The van der Waals surface area contributed by atoms with E-state index >= 15 is 0 Å². The van der Waals surface area contributed by atoms with E-state index in [9.17, 15) is 9.59 Å². The molecule has 4 amide bonds. The lowest BCUT2D eigenvalue weighted by Gasteiger charge is -2.32. The van der Waals surface area contributed by atoms with E-state index in [0.29, 0.717) is 41.4 Å². The third-order valence-corrected chi connectivity index (χ3v) is 12.4. The molecule has 0 bridgehead atoms. The molecule has 0 radical (unpaired) electrons. The van der Waals surface area contributed by atoms with Crippen molar-refractivity contribution in [1.29, 1.82) is 0 Å². The van der Waals surface area contributed by atoms with Gasteiger partial charge in [-0.1, -0.05) is 108 Å². The molecule has 4 heterocycles. The van der Waals surface area contributed by atoms with Crippen molar-refractivity contribution in [2.45, 2.75) is 62.4 Å². The van der Waals surface area contributed by atoms with Gasteiger partial charge in [-0.3, -0.25) is 0 Å². The number of carbonyl (C=O) groups is 2. The number of carbonyl (C=O) groups excluding carboxylic acids is 2. The lowest BCUT2D eigenvalue weighted by Crippen LogP contribution is -2.45. The Kier molecular flexibility index (Phi) is 13.5. The molecule has 12 heteroatoms. The smallest absolute Gasteiger partial charge is 0.321 e. The van der Waals surface area contributed by atoms with Crippen molar-refractivity contribution in [3.8, 4) is 23.5 Å². The Hall–Kier alpha value is -7.34. The third kappa shape index (κ3) is 11.6. The van der Waals surface area contributed by atoms with Gasteiger partial charge in [0.05, 0.1) is 0 Å². The SMILES string of the molecule is CN(C(=O)N1CCC(=Cc2cccc(Oc3ncccn3)c2)CC1)[C@@H]1C[C@H]1c1ccccc1.O=C(N[C@@H]1C[C@H]1c1ccccc1)N1CCC(=Cc2cccc(Oc3ncccn3)c2)CC1. The van der Waals surface area contributed by atoms with Crippen molar-refractivity contribution in [1.82, 2.24) is 40.0 Å². The first-order valence-electron chi connectivity index (χ1n) is 22.6. The van der Waals surface area contributed by atoms with Crippen molar-refractivity contribution < 1.29 is 19.1 Å². The van der Waals surface area contributed by atoms with Crippen LogP contribution >= 0.6 is 0 Å². The van der Waals surface area contributed by atoms with Crippen LogP contribution in [0.15, 0.2) is 157 Å². The number of hydrogen-bond donors (Lipinski definition) is 1. The van der Waals surface area contributed by atoms with E-state index in [0.717, 1.165) is 75.8 Å². The molecule has 12 nitrogen and oxygen atoms in total. The molecule has 10 rings (SSSR count). The molecule has 4 aromatic carbocycles. The third-order valence-electron chi connectivity index (χ3n) is 12.4. The Morgan fingerprint density at radius 1 is 0.585 bits per heavy atom. The van der Waals surface area contributed by atoms with Gasteiger partial charge in [-0.15, -0.1) is 0 Å². The number of piperidine rings is 2. The zero-order valence-electron chi connectivity index (χ0n) is 36.7. The van der Waals surface area contributed by atoms with Crippen LogP contribution in [0.5, 0.6) is 23.5 Å². The Morgan fingerprint density at radius 2 is 1.06 bits per heavy atom. The minimum atomic E-state index is 0.0609. The number of nitrogens with one attached hydrogen (secondary N) is 1. The molecule has 6 aromatic rings. The number of benzene rings is 4. The Balaban J connectivity index is 0.000000164. The van der Waals surface area contributed by atoms with Crippen LogP contribution in [0, 0.1) is 0 Å². The summed E-state index contributed by atoms with van der Waals surface area (Å²) in [5.41, 5.74) is 7.50. The zero-order valence-corrected chi connectivity index (χ0v) is 36.7. The van der Waals surface area contributed by atoms with E-state index in [4.69, 9.17) is 9.47 Å². The largest absolute Gasteiger partial charge is 0.424 e. The Labute approximate surface area is 380 Å². The number of amides is 4. The topological polar surface area (TPSA) is 126 Å². The summed E-state index contributed by atoms with van der Waals surface area (Å²) in [4.78, 5) is 48.0.